The molecule has 0 spiro atoms. The molecule has 4 rings (SSSR count). The third-order valence-electron chi connectivity index (χ3n) is 4.49. The first-order chi connectivity index (χ1) is 13.2. The molecule has 0 aliphatic carbocycles. The van der Waals surface area contributed by atoms with Crippen molar-refractivity contribution in [2.75, 3.05) is 13.3 Å². The van der Waals surface area contributed by atoms with Gasteiger partial charge in [-0.05, 0) is 29.3 Å². The van der Waals surface area contributed by atoms with E-state index in [1.165, 1.54) is 0 Å². The molecule has 1 N–H and O–H groups in total. The number of benzene rings is 2. The second kappa shape index (κ2) is 8.21. The Labute approximate surface area is 167 Å². The second-order valence-electron chi connectivity index (χ2n) is 6.34. The summed E-state index contributed by atoms with van der Waals surface area (Å²) in [5, 5.41) is 4.60. The molecule has 3 aromatic rings. The molecule has 1 aliphatic heterocycles. The van der Waals surface area contributed by atoms with Crippen molar-refractivity contribution in [1.29, 1.82) is 0 Å². The predicted molar refractivity (Wildman–Crippen MR) is 106 cm³/mol. The molecular formula is C20H19Cl2N3O2. The van der Waals surface area contributed by atoms with Crippen molar-refractivity contribution in [2.45, 2.75) is 19.5 Å². The highest BCUT2D eigenvalue weighted by atomic mass is 35.5. The number of fused-ring (bicyclic) bond motifs is 1. The normalized spacial score (nSPS) is 12.5. The van der Waals surface area contributed by atoms with E-state index >= 15 is 0 Å². The van der Waals surface area contributed by atoms with Gasteiger partial charge in [0.25, 0.3) is 0 Å². The number of aromatic nitrogens is 2. The maximum Gasteiger partial charge on any atom is 0.231 e. The fraction of sp³-hybridized carbons (Fsp3) is 0.250. The molecule has 1 aliphatic rings. The number of nitrogens with zero attached hydrogens (tertiary/aromatic N) is 2. The zero-order valence-electron chi connectivity index (χ0n) is 14.6. The lowest BCUT2D eigenvalue weighted by molar-refractivity contribution is 0.174. The summed E-state index contributed by atoms with van der Waals surface area (Å²) in [4.78, 5) is 4.29. The van der Waals surface area contributed by atoms with Crippen LogP contribution in [0.5, 0.6) is 11.5 Å². The van der Waals surface area contributed by atoms with Crippen LogP contribution >= 0.6 is 23.2 Å². The van der Waals surface area contributed by atoms with Gasteiger partial charge in [-0.3, -0.25) is 0 Å². The number of halogens is 2. The Kier molecular flexibility index (Phi) is 5.53. The smallest absolute Gasteiger partial charge is 0.231 e. The van der Waals surface area contributed by atoms with E-state index in [0.717, 1.165) is 47.8 Å². The number of ether oxygens (including phenoxy) is 2. The number of imidazole rings is 1. The molecule has 0 bridgehead atoms. The van der Waals surface area contributed by atoms with E-state index in [1.807, 2.05) is 36.8 Å². The van der Waals surface area contributed by atoms with Gasteiger partial charge in [0.2, 0.25) is 6.79 Å². The van der Waals surface area contributed by atoms with Gasteiger partial charge in [-0.15, -0.1) is 0 Å². The maximum atomic E-state index is 6.22. The Morgan fingerprint density at radius 2 is 2.00 bits per heavy atom. The molecule has 0 saturated heterocycles. The molecule has 0 fully saturated rings. The third-order valence-corrected chi connectivity index (χ3v) is 5.35. The summed E-state index contributed by atoms with van der Waals surface area (Å²) in [6, 6.07) is 11.7. The van der Waals surface area contributed by atoms with Crippen LogP contribution < -0.4 is 14.8 Å². The van der Waals surface area contributed by atoms with Gasteiger partial charge in [0.1, 0.15) is 0 Å². The van der Waals surface area contributed by atoms with Crippen LogP contribution in [0.25, 0.3) is 0 Å². The summed E-state index contributed by atoms with van der Waals surface area (Å²) in [5.41, 5.74) is 3.31. The Morgan fingerprint density at radius 3 is 2.93 bits per heavy atom. The van der Waals surface area contributed by atoms with Gasteiger partial charge < -0.3 is 19.4 Å². The molecule has 0 amide bonds. The van der Waals surface area contributed by atoms with Gasteiger partial charge in [0, 0.05) is 37.9 Å². The van der Waals surface area contributed by atoms with E-state index in [2.05, 4.69) is 20.9 Å². The van der Waals surface area contributed by atoms with E-state index in [4.69, 9.17) is 32.7 Å². The number of nitrogens with one attached hydrogen (secondary N) is 1. The zero-order valence-corrected chi connectivity index (χ0v) is 16.1. The molecule has 7 heteroatoms. The van der Waals surface area contributed by atoms with Crippen molar-refractivity contribution in [3.8, 4) is 11.5 Å². The minimum atomic E-state index is 0.289. The van der Waals surface area contributed by atoms with Crippen LogP contribution in [-0.4, -0.2) is 22.9 Å². The average molecular weight is 404 g/mol. The van der Waals surface area contributed by atoms with Crippen LogP contribution in [0.4, 0.5) is 0 Å². The quantitative estimate of drug-likeness (QED) is 0.597. The summed E-state index contributed by atoms with van der Waals surface area (Å²) in [6.45, 7) is 2.52. The van der Waals surface area contributed by atoms with Gasteiger partial charge in [-0.1, -0.05) is 41.4 Å². The lowest BCUT2D eigenvalue weighted by Gasteiger charge is -2.10. The van der Waals surface area contributed by atoms with Crippen molar-refractivity contribution >= 4 is 23.2 Å². The number of rotatable bonds is 7. The summed E-state index contributed by atoms with van der Waals surface area (Å²) in [6.07, 6.45) is 4.62. The summed E-state index contributed by atoms with van der Waals surface area (Å²) in [5.74, 6) is 1.60. The molecule has 2 heterocycles. The largest absolute Gasteiger partial charge is 0.454 e. The fourth-order valence-corrected chi connectivity index (χ4v) is 3.45. The molecule has 140 valence electrons. The third kappa shape index (κ3) is 4.21. The predicted octanol–water partition coefficient (Wildman–Crippen LogP) is 4.30. The standard InChI is InChI=1S/C20H19Cl2N3O2/c21-17-3-1-2-15(20(17)22)9-23-7-6-16-10-24-12-25(16)11-14-4-5-18-19(8-14)27-13-26-18/h1-5,8,10,12,23H,6-7,9,11,13H2. The van der Waals surface area contributed by atoms with E-state index in [0.29, 0.717) is 16.6 Å². The van der Waals surface area contributed by atoms with Gasteiger partial charge in [-0.2, -0.15) is 0 Å². The van der Waals surface area contributed by atoms with Crippen LogP contribution in [0.3, 0.4) is 0 Å². The van der Waals surface area contributed by atoms with Gasteiger partial charge in [0.05, 0.1) is 16.4 Å². The second-order valence-corrected chi connectivity index (χ2v) is 7.13. The summed E-state index contributed by atoms with van der Waals surface area (Å²) >= 11 is 12.3. The molecule has 27 heavy (non-hydrogen) atoms. The van der Waals surface area contributed by atoms with E-state index in [1.54, 1.807) is 6.07 Å². The average Bonchev–Trinajstić information content (AvgIpc) is 3.31. The number of hydrogen-bond donors (Lipinski definition) is 1. The van der Waals surface area contributed by atoms with E-state index < -0.39 is 0 Å². The van der Waals surface area contributed by atoms with Crippen molar-refractivity contribution in [3.63, 3.8) is 0 Å². The minimum absolute atomic E-state index is 0.289. The van der Waals surface area contributed by atoms with Crippen LogP contribution in [0.1, 0.15) is 16.8 Å². The summed E-state index contributed by atoms with van der Waals surface area (Å²) in [7, 11) is 0. The lowest BCUT2D eigenvalue weighted by atomic mass is 10.2. The first-order valence-corrected chi connectivity index (χ1v) is 9.47. The molecule has 0 atom stereocenters. The Balaban J connectivity index is 1.33. The molecule has 1 aromatic heterocycles. The minimum Gasteiger partial charge on any atom is -0.454 e. The lowest BCUT2D eigenvalue weighted by Crippen LogP contribution is -2.18. The Hall–Kier alpha value is -2.21. The molecular weight excluding hydrogens is 385 g/mol. The highest BCUT2D eigenvalue weighted by Gasteiger charge is 2.13. The SMILES string of the molecule is Clc1cccc(CNCCc2cncn2Cc2ccc3c(c2)OCO3)c1Cl. The Bertz CT molecular complexity index is 943. The molecule has 2 aromatic carbocycles. The van der Waals surface area contributed by atoms with Crippen LogP contribution in [0.15, 0.2) is 48.9 Å². The fourth-order valence-electron chi connectivity index (χ4n) is 3.06. The van der Waals surface area contributed by atoms with E-state index in [9.17, 15) is 0 Å². The zero-order chi connectivity index (χ0) is 18.6. The topological polar surface area (TPSA) is 48.3 Å². The first-order valence-electron chi connectivity index (χ1n) is 8.72. The molecule has 0 saturated carbocycles. The highest BCUT2D eigenvalue weighted by molar-refractivity contribution is 6.42. The van der Waals surface area contributed by atoms with Crippen LogP contribution in [-0.2, 0) is 19.5 Å². The Morgan fingerprint density at radius 1 is 1.11 bits per heavy atom. The van der Waals surface area contributed by atoms with Gasteiger partial charge in [-0.25, -0.2) is 4.98 Å². The van der Waals surface area contributed by atoms with Gasteiger partial charge in [0.15, 0.2) is 11.5 Å². The van der Waals surface area contributed by atoms with Crippen molar-refractivity contribution in [3.05, 3.63) is 75.8 Å². The van der Waals surface area contributed by atoms with Crippen LogP contribution in [0, 0.1) is 0 Å². The van der Waals surface area contributed by atoms with Crippen LogP contribution in [0.2, 0.25) is 10.0 Å². The molecule has 0 unspecified atom stereocenters. The maximum absolute atomic E-state index is 6.22. The van der Waals surface area contributed by atoms with Crippen molar-refractivity contribution < 1.29 is 9.47 Å². The van der Waals surface area contributed by atoms with Gasteiger partial charge >= 0.3 is 0 Å². The molecule has 0 radical (unpaired) electrons. The van der Waals surface area contributed by atoms with E-state index in [-0.39, 0.29) is 6.79 Å². The first kappa shape index (κ1) is 18.2. The van der Waals surface area contributed by atoms with Crippen molar-refractivity contribution in [1.82, 2.24) is 14.9 Å². The summed E-state index contributed by atoms with van der Waals surface area (Å²) < 4.78 is 13.0. The van der Waals surface area contributed by atoms with Crippen molar-refractivity contribution in [2.24, 2.45) is 0 Å². The highest BCUT2D eigenvalue weighted by Crippen LogP contribution is 2.32. The molecule has 5 nitrogen and oxygen atoms in total. The number of hydrogen-bond acceptors (Lipinski definition) is 4. The monoisotopic (exact) mass is 403 g/mol.